The van der Waals surface area contributed by atoms with Gasteiger partial charge in [0.25, 0.3) is 0 Å². The molecule has 1 aromatic carbocycles. The monoisotopic (exact) mass is 278 g/mol. The maximum atomic E-state index is 13.1. The van der Waals surface area contributed by atoms with Crippen molar-refractivity contribution >= 4 is 5.91 Å². The molecule has 0 N–H and O–H groups in total. The van der Waals surface area contributed by atoms with Gasteiger partial charge in [0, 0.05) is 32.6 Å². The smallest absolute Gasteiger partial charge is 0.222 e. The van der Waals surface area contributed by atoms with E-state index < -0.39 is 0 Å². The molecule has 0 saturated carbocycles. The maximum absolute atomic E-state index is 13.1. The second-order valence-corrected chi connectivity index (χ2v) is 5.31. The zero-order valence-corrected chi connectivity index (χ0v) is 12.1. The Morgan fingerprint density at radius 1 is 1.25 bits per heavy atom. The Morgan fingerprint density at radius 2 is 2.00 bits per heavy atom. The molecule has 1 aliphatic rings. The summed E-state index contributed by atoms with van der Waals surface area (Å²) in [6.07, 6.45) is 2.54. The SMILES string of the molecule is CCC(=O)N1CCN(CCCc2cccc(F)c2)CC1. The summed E-state index contributed by atoms with van der Waals surface area (Å²) in [7, 11) is 0. The van der Waals surface area contributed by atoms with Crippen molar-refractivity contribution < 1.29 is 9.18 Å². The second-order valence-electron chi connectivity index (χ2n) is 5.31. The van der Waals surface area contributed by atoms with Gasteiger partial charge in [-0.1, -0.05) is 19.1 Å². The van der Waals surface area contributed by atoms with E-state index in [0.717, 1.165) is 51.1 Å². The average molecular weight is 278 g/mol. The fraction of sp³-hybridized carbons (Fsp3) is 0.562. The molecule has 0 radical (unpaired) electrons. The van der Waals surface area contributed by atoms with Gasteiger partial charge >= 0.3 is 0 Å². The first-order valence-electron chi connectivity index (χ1n) is 7.43. The molecule has 4 heteroatoms. The van der Waals surface area contributed by atoms with Gasteiger partial charge < -0.3 is 4.90 Å². The summed E-state index contributed by atoms with van der Waals surface area (Å²) in [5.74, 6) is 0.0959. The summed E-state index contributed by atoms with van der Waals surface area (Å²) in [5, 5.41) is 0. The zero-order chi connectivity index (χ0) is 14.4. The fourth-order valence-corrected chi connectivity index (χ4v) is 2.64. The van der Waals surface area contributed by atoms with E-state index in [0.29, 0.717) is 6.42 Å². The Labute approximate surface area is 120 Å². The third kappa shape index (κ3) is 4.30. The van der Waals surface area contributed by atoms with Crippen LogP contribution in [0.2, 0.25) is 0 Å². The van der Waals surface area contributed by atoms with Gasteiger partial charge in [0.2, 0.25) is 5.91 Å². The van der Waals surface area contributed by atoms with E-state index in [-0.39, 0.29) is 11.7 Å². The molecule has 2 rings (SSSR count). The molecular formula is C16H23FN2O. The maximum Gasteiger partial charge on any atom is 0.222 e. The van der Waals surface area contributed by atoms with Crippen molar-refractivity contribution in [1.29, 1.82) is 0 Å². The van der Waals surface area contributed by atoms with E-state index >= 15 is 0 Å². The number of benzene rings is 1. The van der Waals surface area contributed by atoms with Gasteiger partial charge in [-0.05, 0) is 37.1 Å². The lowest BCUT2D eigenvalue weighted by Gasteiger charge is -2.34. The minimum atomic E-state index is -0.158. The highest BCUT2D eigenvalue weighted by Gasteiger charge is 2.19. The van der Waals surface area contributed by atoms with Gasteiger partial charge in [-0.25, -0.2) is 4.39 Å². The molecule has 110 valence electrons. The first kappa shape index (κ1) is 15.0. The minimum absolute atomic E-state index is 0.158. The quantitative estimate of drug-likeness (QED) is 0.825. The van der Waals surface area contributed by atoms with E-state index in [1.54, 1.807) is 12.1 Å². The number of hydrogen-bond donors (Lipinski definition) is 0. The fourth-order valence-electron chi connectivity index (χ4n) is 2.64. The molecule has 0 aromatic heterocycles. The van der Waals surface area contributed by atoms with Crippen molar-refractivity contribution in [1.82, 2.24) is 9.80 Å². The number of halogens is 1. The van der Waals surface area contributed by atoms with Crippen molar-refractivity contribution in [2.24, 2.45) is 0 Å². The number of piperazine rings is 1. The Morgan fingerprint density at radius 3 is 2.65 bits per heavy atom. The summed E-state index contributed by atoms with van der Waals surface area (Å²) in [6, 6.07) is 6.83. The first-order valence-corrected chi connectivity index (χ1v) is 7.43. The molecule has 1 aromatic rings. The van der Waals surface area contributed by atoms with E-state index in [4.69, 9.17) is 0 Å². The standard InChI is InChI=1S/C16H23FN2O/c1-2-16(20)19-11-9-18(10-12-19)8-4-6-14-5-3-7-15(17)13-14/h3,5,7,13H,2,4,6,8-12H2,1H3. The molecule has 1 fully saturated rings. The number of carbonyl (C=O) groups excluding carboxylic acids is 1. The molecule has 0 aliphatic carbocycles. The number of rotatable bonds is 5. The number of aryl methyl sites for hydroxylation is 1. The normalized spacial score (nSPS) is 16.4. The zero-order valence-electron chi connectivity index (χ0n) is 12.1. The van der Waals surface area contributed by atoms with Crippen molar-refractivity contribution in [3.63, 3.8) is 0 Å². The Bertz CT molecular complexity index is 442. The van der Waals surface area contributed by atoms with Crippen LogP contribution >= 0.6 is 0 Å². The lowest BCUT2D eigenvalue weighted by molar-refractivity contribution is -0.132. The molecule has 1 heterocycles. The number of nitrogens with zero attached hydrogens (tertiary/aromatic N) is 2. The predicted molar refractivity (Wildman–Crippen MR) is 78.0 cm³/mol. The van der Waals surface area contributed by atoms with Gasteiger partial charge in [-0.15, -0.1) is 0 Å². The summed E-state index contributed by atoms with van der Waals surface area (Å²) in [4.78, 5) is 15.9. The van der Waals surface area contributed by atoms with Gasteiger partial charge in [-0.2, -0.15) is 0 Å². The van der Waals surface area contributed by atoms with E-state index in [1.807, 2.05) is 17.9 Å². The molecule has 0 unspecified atom stereocenters. The van der Waals surface area contributed by atoms with Gasteiger partial charge in [-0.3, -0.25) is 9.69 Å². The van der Waals surface area contributed by atoms with Gasteiger partial charge in [0.1, 0.15) is 5.82 Å². The summed E-state index contributed by atoms with van der Waals surface area (Å²) in [6.45, 7) is 6.52. The van der Waals surface area contributed by atoms with Crippen molar-refractivity contribution in [2.45, 2.75) is 26.2 Å². The van der Waals surface area contributed by atoms with Crippen LogP contribution in [0.25, 0.3) is 0 Å². The summed E-state index contributed by atoms with van der Waals surface area (Å²) in [5.41, 5.74) is 1.06. The highest BCUT2D eigenvalue weighted by Crippen LogP contribution is 2.09. The van der Waals surface area contributed by atoms with Crippen LogP contribution in [0.3, 0.4) is 0 Å². The number of hydrogen-bond acceptors (Lipinski definition) is 2. The van der Waals surface area contributed by atoms with E-state index in [1.165, 1.54) is 6.07 Å². The van der Waals surface area contributed by atoms with Crippen molar-refractivity contribution in [2.75, 3.05) is 32.7 Å². The van der Waals surface area contributed by atoms with Crippen LogP contribution in [0.15, 0.2) is 24.3 Å². The molecule has 0 bridgehead atoms. The molecule has 0 spiro atoms. The molecule has 20 heavy (non-hydrogen) atoms. The molecule has 0 atom stereocenters. The molecule has 1 amide bonds. The van der Waals surface area contributed by atoms with Crippen LogP contribution in [-0.2, 0) is 11.2 Å². The van der Waals surface area contributed by atoms with Gasteiger partial charge in [0.05, 0.1) is 0 Å². The van der Waals surface area contributed by atoms with Crippen LogP contribution in [-0.4, -0.2) is 48.4 Å². The summed E-state index contributed by atoms with van der Waals surface area (Å²) >= 11 is 0. The van der Waals surface area contributed by atoms with Crippen LogP contribution in [0, 0.1) is 5.82 Å². The first-order chi connectivity index (χ1) is 9.69. The van der Waals surface area contributed by atoms with Crippen LogP contribution in [0.4, 0.5) is 4.39 Å². The highest BCUT2D eigenvalue weighted by atomic mass is 19.1. The lowest BCUT2D eigenvalue weighted by atomic mass is 10.1. The topological polar surface area (TPSA) is 23.6 Å². The minimum Gasteiger partial charge on any atom is -0.340 e. The number of amides is 1. The van der Waals surface area contributed by atoms with E-state index in [2.05, 4.69) is 4.90 Å². The Hall–Kier alpha value is -1.42. The highest BCUT2D eigenvalue weighted by molar-refractivity contribution is 5.75. The van der Waals surface area contributed by atoms with Crippen LogP contribution in [0.5, 0.6) is 0 Å². The Balaban J connectivity index is 1.67. The third-order valence-corrected chi connectivity index (χ3v) is 3.86. The van der Waals surface area contributed by atoms with Crippen LogP contribution < -0.4 is 0 Å². The largest absolute Gasteiger partial charge is 0.340 e. The van der Waals surface area contributed by atoms with Crippen molar-refractivity contribution in [3.05, 3.63) is 35.6 Å². The van der Waals surface area contributed by atoms with Crippen LogP contribution in [0.1, 0.15) is 25.3 Å². The lowest BCUT2D eigenvalue weighted by Crippen LogP contribution is -2.48. The average Bonchev–Trinajstić information content (AvgIpc) is 2.47. The summed E-state index contributed by atoms with van der Waals surface area (Å²) < 4.78 is 13.1. The predicted octanol–water partition coefficient (Wildman–Crippen LogP) is 2.31. The molecular weight excluding hydrogens is 255 g/mol. The van der Waals surface area contributed by atoms with Crippen molar-refractivity contribution in [3.8, 4) is 0 Å². The number of carbonyl (C=O) groups is 1. The third-order valence-electron chi connectivity index (χ3n) is 3.86. The second kappa shape index (κ2) is 7.39. The Kier molecular flexibility index (Phi) is 5.53. The molecule has 1 saturated heterocycles. The van der Waals surface area contributed by atoms with E-state index in [9.17, 15) is 9.18 Å². The molecule has 3 nitrogen and oxygen atoms in total. The molecule has 1 aliphatic heterocycles. The van der Waals surface area contributed by atoms with Gasteiger partial charge in [0.15, 0.2) is 0 Å².